The molecule has 4 unspecified atom stereocenters. The Hall–Kier alpha value is -0.250. The average Bonchev–Trinajstić information content (AvgIpc) is 2.33. The highest BCUT2D eigenvalue weighted by atomic mass is 19.4. The molecule has 0 aliphatic rings. The number of hydrogen-bond donors (Lipinski definition) is 1. The molecule has 0 aliphatic carbocycles. The second-order valence-corrected chi connectivity index (χ2v) is 8.63. The lowest BCUT2D eigenvalue weighted by Gasteiger charge is -2.33. The molecule has 4 atom stereocenters. The van der Waals surface area contributed by atoms with Gasteiger partial charge in [-0.05, 0) is 55.8 Å². The van der Waals surface area contributed by atoms with Gasteiger partial charge in [0.25, 0.3) is 0 Å². The van der Waals surface area contributed by atoms with Crippen LogP contribution in [0.1, 0.15) is 80.6 Å². The van der Waals surface area contributed by atoms with Crippen molar-refractivity contribution in [1.29, 1.82) is 0 Å². The molecule has 140 valence electrons. The molecule has 0 saturated carbocycles. The summed E-state index contributed by atoms with van der Waals surface area (Å²) in [6, 6.07) is 0. The van der Waals surface area contributed by atoms with E-state index in [0.29, 0.717) is 23.7 Å². The molecule has 0 saturated heterocycles. The summed E-state index contributed by atoms with van der Waals surface area (Å²) in [5.41, 5.74) is -2.59. The van der Waals surface area contributed by atoms with Gasteiger partial charge in [-0.1, -0.05) is 54.4 Å². The molecule has 0 amide bonds. The minimum Gasteiger partial charge on any atom is -0.381 e. The van der Waals surface area contributed by atoms with Crippen molar-refractivity contribution in [1.82, 2.24) is 0 Å². The lowest BCUT2D eigenvalue weighted by atomic mass is 9.77. The molecule has 1 N–H and O–H groups in total. The summed E-state index contributed by atoms with van der Waals surface area (Å²) in [4.78, 5) is 0. The number of halogens is 3. The van der Waals surface area contributed by atoms with Gasteiger partial charge >= 0.3 is 6.18 Å². The second-order valence-electron chi connectivity index (χ2n) is 8.63. The van der Waals surface area contributed by atoms with E-state index in [1.165, 1.54) is 0 Å². The zero-order chi connectivity index (χ0) is 18.4. The predicted octanol–water partition coefficient (Wildman–Crippen LogP) is 6.45. The fourth-order valence-electron chi connectivity index (χ4n) is 3.28. The van der Waals surface area contributed by atoms with Gasteiger partial charge in [-0.15, -0.1) is 0 Å². The highest BCUT2D eigenvalue weighted by molar-refractivity contribution is 4.85. The van der Waals surface area contributed by atoms with Crippen molar-refractivity contribution in [2.24, 2.45) is 29.6 Å². The standard InChI is InChI=1S/C19H37F3O/c1-13(2)8-9-17(12-18(7,23)19(20,21)22)11-16(6)15(5)10-14(3)4/h13-17,23H,8-12H2,1-7H3. The monoisotopic (exact) mass is 338 g/mol. The maximum Gasteiger partial charge on any atom is 0.416 e. The largest absolute Gasteiger partial charge is 0.416 e. The second kappa shape index (κ2) is 9.29. The summed E-state index contributed by atoms with van der Waals surface area (Å²) in [5.74, 6) is 1.85. The van der Waals surface area contributed by atoms with E-state index in [-0.39, 0.29) is 12.3 Å². The summed E-state index contributed by atoms with van der Waals surface area (Å²) in [5, 5.41) is 9.86. The van der Waals surface area contributed by atoms with E-state index in [0.717, 1.165) is 32.6 Å². The van der Waals surface area contributed by atoms with E-state index < -0.39 is 11.8 Å². The van der Waals surface area contributed by atoms with Gasteiger partial charge in [-0.25, -0.2) is 0 Å². The van der Waals surface area contributed by atoms with Crippen molar-refractivity contribution in [3.8, 4) is 0 Å². The summed E-state index contributed by atoms with van der Waals surface area (Å²) >= 11 is 0. The van der Waals surface area contributed by atoms with E-state index in [4.69, 9.17) is 0 Å². The molecule has 0 fully saturated rings. The fourth-order valence-corrected chi connectivity index (χ4v) is 3.28. The van der Waals surface area contributed by atoms with Gasteiger partial charge in [0.2, 0.25) is 0 Å². The molecule has 0 aromatic rings. The van der Waals surface area contributed by atoms with Crippen LogP contribution in [0.3, 0.4) is 0 Å². The van der Waals surface area contributed by atoms with E-state index in [9.17, 15) is 18.3 Å². The molecule has 4 heteroatoms. The number of alkyl halides is 3. The lowest BCUT2D eigenvalue weighted by molar-refractivity contribution is -0.259. The minimum atomic E-state index is -4.56. The molecule has 0 spiro atoms. The summed E-state index contributed by atoms with van der Waals surface area (Å²) in [6.07, 6.45) is -1.25. The molecule has 23 heavy (non-hydrogen) atoms. The minimum absolute atomic E-state index is 0.0846. The number of aliphatic hydroxyl groups is 1. The van der Waals surface area contributed by atoms with Crippen LogP contribution in [0.15, 0.2) is 0 Å². The Morgan fingerprint density at radius 3 is 1.65 bits per heavy atom. The molecule has 0 aromatic heterocycles. The van der Waals surface area contributed by atoms with E-state index in [1.807, 2.05) is 0 Å². The quantitative estimate of drug-likeness (QED) is 0.485. The number of hydrogen-bond acceptors (Lipinski definition) is 1. The lowest BCUT2D eigenvalue weighted by Crippen LogP contribution is -2.44. The van der Waals surface area contributed by atoms with Gasteiger partial charge < -0.3 is 5.11 Å². The molecule has 0 bridgehead atoms. The fraction of sp³-hybridized carbons (Fsp3) is 1.00. The normalized spacial score (nSPS) is 19.7. The zero-order valence-electron chi connectivity index (χ0n) is 16.0. The molecular weight excluding hydrogens is 301 g/mol. The highest BCUT2D eigenvalue weighted by Gasteiger charge is 2.50. The van der Waals surface area contributed by atoms with Crippen LogP contribution in [0.2, 0.25) is 0 Å². The van der Waals surface area contributed by atoms with E-state index in [2.05, 4.69) is 41.5 Å². The smallest absolute Gasteiger partial charge is 0.381 e. The first kappa shape index (κ1) is 22.8. The Kier molecular flexibility index (Phi) is 9.19. The SMILES string of the molecule is CC(C)CCC(CC(C)C(C)CC(C)C)CC(C)(O)C(F)(F)F. The third-order valence-corrected chi connectivity index (χ3v) is 4.97. The van der Waals surface area contributed by atoms with Gasteiger partial charge in [0.15, 0.2) is 5.60 Å². The maximum absolute atomic E-state index is 13.0. The summed E-state index contributed by atoms with van der Waals surface area (Å²) in [7, 11) is 0. The third kappa shape index (κ3) is 8.97. The Bertz CT molecular complexity index is 321. The molecule has 0 aromatic carbocycles. The molecule has 0 aliphatic heterocycles. The van der Waals surface area contributed by atoms with Crippen molar-refractivity contribution in [3.05, 3.63) is 0 Å². The first-order chi connectivity index (χ1) is 10.3. The molecule has 0 rings (SSSR count). The van der Waals surface area contributed by atoms with Gasteiger partial charge in [0.1, 0.15) is 0 Å². The van der Waals surface area contributed by atoms with E-state index in [1.54, 1.807) is 0 Å². The van der Waals surface area contributed by atoms with Crippen molar-refractivity contribution in [2.75, 3.05) is 0 Å². The average molecular weight is 338 g/mol. The summed E-state index contributed by atoms with van der Waals surface area (Å²) in [6.45, 7) is 13.8. The van der Waals surface area contributed by atoms with Crippen LogP contribution in [-0.4, -0.2) is 16.9 Å². The molecule has 0 radical (unpaired) electrons. The van der Waals surface area contributed by atoms with Crippen LogP contribution >= 0.6 is 0 Å². The van der Waals surface area contributed by atoms with Gasteiger partial charge in [0, 0.05) is 0 Å². The van der Waals surface area contributed by atoms with Crippen molar-refractivity contribution in [3.63, 3.8) is 0 Å². The molecule has 1 nitrogen and oxygen atoms in total. The Labute approximate surface area is 141 Å². The molecular formula is C19H37F3O. The van der Waals surface area contributed by atoms with Gasteiger partial charge in [-0.2, -0.15) is 13.2 Å². The van der Waals surface area contributed by atoms with Crippen LogP contribution in [0.25, 0.3) is 0 Å². The van der Waals surface area contributed by atoms with Crippen LogP contribution < -0.4 is 0 Å². The maximum atomic E-state index is 13.0. The zero-order valence-corrected chi connectivity index (χ0v) is 16.0. The predicted molar refractivity (Wildman–Crippen MR) is 91.3 cm³/mol. The van der Waals surface area contributed by atoms with Crippen molar-refractivity contribution >= 4 is 0 Å². The van der Waals surface area contributed by atoms with Crippen molar-refractivity contribution in [2.45, 2.75) is 92.3 Å². The Morgan fingerprint density at radius 2 is 1.26 bits per heavy atom. The third-order valence-electron chi connectivity index (χ3n) is 4.97. The number of rotatable bonds is 10. The Balaban J connectivity index is 4.87. The van der Waals surface area contributed by atoms with Gasteiger partial charge in [0.05, 0.1) is 0 Å². The first-order valence-electron chi connectivity index (χ1n) is 9.05. The van der Waals surface area contributed by atoms with Crippen LogP contribution in [0, 0.1) is 29.6 Å². The van der Waals surface area contributed by atoms with Crippen molar-refractivity contribution < 1.29 is 18.3 Å². The highest BCUT2D eigenvalue weighted by Crippen LogP contribution is 2.39. The van der Waals surface area contributed by atoms with Crippen LogP contribution in [0.4, 0.5) is 13.2 Å². The van der Waals surface area contributed by atoms with E-state index >= 15 is 0 Å². The van der Waals surface area contributed by atoms with Crippen LogP contribution in [-0.2, 0) is 0 Å². The topological polar surface area (TPSA) is 20.2 Å². The van der Waals surface area contributed by atoms with Gasteiger partial charge in [-0.3, -0.25) is 0 Å². The summed E-state index contributed by atoms with van der Waals surface area (Å²) < 4.78 is 39.0. The van der Waals surface area contributed by atoms with Crippen LogP contribution in [0.5, 0.6) is 0 Å². The Morgan fingerprint density at radius 1 is 0.783 bits per heavy atom. The first-order valence-corrected chi connectivity index (χ1v) is 9.05. The molecule has 0 heterocycles.